The van der Waals surface area contributed by atoms with E-state index in [-0.39, 0.29) is 12.3 Å². The minimum absolute atomic E-state index is 0.191. The standard InChI is InChI=1S/C32H29FN4O7/c1-42-27-16-24-25(17-28(27)44-31(41)37-15-11-22(38)18-37)34-14-10-26(24)43-23-8-6-21(7-9-23)36-30(40)32(12-13-32)29(39)35-20-4-2-19(33)3-5-20/h2-10,14,16-17,22,38H,11-13,15,18H2,1H3,(H,35,39)(H,36,40)/t22-/m0/s1. The number of benzene rings is 3. The molecule has 1 atom stereocenters. The second-order valence-electron chi connectivity index (χ2n) is 10.7. The Bertz CT molecular complexity index is 1730. The van der Waals surface area contributed by atoms with Gasteiger partial charge in [0.2, 0.25) is 11.8 Å². The Morgan fingerprint density at radius 2 is 1.59 bits per heavy atom. The number of likely N-dealkylation sites (tertiary alicyclic amines) is 1. The molecule has 3 N–H and O–H groups in total. The molecule has 0 radical (unpaired) electrons. The molecule has 1 aromatic heterocycles. The Hall–Kier alpha value is -5.23. The van der Waals surface area contributed by atoms with Gasteiger partial charge in [0.05, 0.1) is 18.7 Å². The second kappa shape index (κ2) is 11.8. The van der Waals surface area contributed by atoms with Crippen molar-refractivity contribution in [3.63, 3.8) is 0 Å². The summed E-state index contributed by atoms with van der Waals surface area (Å²) >= 11 is 0. The molecule has 1 aliphatic carbocycles. The molecular weight excluding hydrogens is 571 g/mol. The van der Waals surface area contributed by atoms with E-state index in [4.69, 9.17) is 14.2 Å². The predicted molar refractivity (Wildman–Crippen MR) is 158 cm³/mol. The monoisotopic (exact) mass is 600 g/mol. The van der Waals surface area contributed by atoms with Gasteiger partial charge in [-0.2, -0.15) is 0 Å². The van der Waals surface area contributed by atoms with E-state index in [9.17, 15) is 23.9 Å². The summed E-state index contributed by atoms with van der Waals surface area (Å²) in [5.41, 5.74) is 0.228. The Morgan fingerprint density at radius 3 is 2.18 bits per heavy atom. The lowest BCUT2D eigenvalue weighted by Gasteiger charge is -2.17. The van der Waals surface area contributed by atoms with E-state index >= 15 is 0 Å². The number of fused-ring (bicyclic) bond motifs is 1. The lowest BCUT2D eigenvalue weighted by molar-refractivity contribution is -0.131. The van der Waals surface area contributed by atoms with Crippen molar-refractivity contribution in [1.82, 2.24) is 9.88 Å². The Morgan fingerprint density at radius 1 is 0.932 bits per heavy atom. The number of nitrogens with one attached hydrogen (secondary N) is 2. The summed E-state index contributed by atoms with van der Waals surface area (Å²) in [6, 6.07) is 17.0. The van der Waals surface area contributed by atoms with Crippen LogP contribution in [0.25, 0.3) is 10.9 Å². The highest BCUT2D eigenvalue weighted by Crippen LogP contribution is 2.47. The summed E-state index contributed by atoms with van der Waals surface area (Å²) < 4.78 is 30.3. The molecule has 3 amide bonds. The first-order valence-corrected chi connectivity index (χ1v) is 14.0. The van der Waals surface area contributed by atoms with Crippen LogP contribution >= 0.6 is 0 Å². The normalized spacial score (nSPS) is 16.7. The van der Waals surface area contributed by atoms with Crippen molar-refractivity contribution in [3.05, 3.63) is 78.7 Å². The van der Waals surface area contributed by atoms with Crippen molar-refractivity contribution in [2.24, 2.45) is 5.41 Å². The van der Waals surface area contributed by atoms with Gasteiger partial charge in [0.15, 0.2) is 11.5 Å². The maximum Gasteiger partial charge on any atom is 0.415 e. The van der Waals surface area contributed by atoms with Gasteiger partial charge in [-0.3, -0.25) is 14.6 Å². The fourth-order valence-corrected chi connectivity index (χ4v) is 4.97. The van der Waals surface area contributed by atoms with Crippen molar-refractivity contribution in [3.8, 4) is 23.0 Å². The van der Waals surface area contributed by atoms with Crippen molar-refractivity contribution in [2.75, 3.05) is 30.8 Å². The zero-order chi connectivity index (χ0) is 30.8. The molecule has 1 saturated heterocycles. The molecule has 1 saturated carbocycles. The van der Waals surface area contributed by atoms with Gasteiger partial charge in [0.1, 0.15) is 22.7 Å². The highest BCUT2D eigenvalue weighted by atomic mass is 19.1. The van der Waals surface area contributed by atoms with Gasteiger partial charge in [-0.05, 0) is 79.9 Å². The lowest BCUT2D eigenvalue weighted by atomic mass is 10.0. The fraction of sp³-hybridized carbons (Fsp3) is 0.250. The van der Waals surface area contributed by atoms with Crippen LogP contribution in [0, 0.1) is 11.2 Å². The zero-order valence-corrected chi connectivity index (χ0v) is 23.7. The molecule has 12 heteroatoms. The van der Waals surface area contributed by atoms with Crippen LogP contribution in [0.15, 0.2) is 72.9 Å². The third-order valence-corrected chi connectivity index (χ3v) is 7.67. The van der Waals surface area contributed by atoms with E-state index in [1.165, 1.54) is 36.3 Å². The first-order chi connectivity index (χ1) is 21.2. The molecule has 0 bridgehead atoms. The van der Waals surface area contributed by atoms with Gasteiger partial charge in [-0.25, -0.2) is 9.18 Å². The van der Waals surface area contributed by atoms with Crippen LogP contribution in [0.2, 0.25) is 0 Å². The number of β-amino-alcohol motifs (C(OH)–C–C–N with tert-alkyl or cyclic N) is 1. The van der Waals surface area contributed by atoms with Gasteiger partial charge in [-0.1, -0.05) is 0 Å². The molecule has 6 rings (SSSR count). The quantitative estimate of drug-likeness (QED) is 0.238. The fourth-order valence-electron chi connectivity index (χ4n) is 4.97. The maximum atomic E-state index is 13.2. The third kappa shape index (κ3) is 5.97. The highest BCUT2D eigenvalue weighted by Gasteiger charge is 2.56. The first-order valence-electron chi connectivity index (χ1n) is 14.0. The van der Waals surface area contributed by atoms with Crippen molar-refractivity contribution in [2.45, 2.75) is 25.4 Å². The number of anilines is 2. The number of aliphatic hydroxyl groups is 1. The molecule has 3 aromatic carbocycles. The minimum atomic E-state index is -1.18. The summed E-state index contributed by atoms with van der Waals surface area (Å²) in [6.07, 6.45) is 1.73. The number of rotatable bonds is 8. The van der Waals surface area contributed by atoms with Crippen molar-refractivity contribution in [1.29, 1.82) is 0 Å². The molecule has 4 aromatic rings. The molecular formula is C32H29FN4O7. The van der Waals surface area contributed by atoms with Gasteiger partial charge in [-0.15, -0.1) is 0 Å². The van der Waals surface area contributed by atoms with Crippen LogP contribution in [-0.2, 0) is 9.59 Å². The van der Waals surface area contributed by atoms with Crippen molar-refractivity contribution >= 4 is 40.2 Å². The van der Waals surface area contributed by atoms with Crippen LogP contribution < -0.4 is 24.8 Å². The summed E-state index contributed by atoms with van der Waals surface area (Å²) in [5.74, 6) is 0.172. The number of carbonyl (C=O) groups is 3. The largest absolute Gasteiger partial charge is 0.493 e. The van der Waals surface area contributed by atoms with E-state index in [1.54, 1.807) is 48.7 Å². The number of aromatic nitrogens is 1. The molecule has 2 aliphatic rings. The SMILES string of the molecule is COc1cc2c(Oc3ccc(NC(=O)C4(C(=O)Nc5ccc(F)cc5)CC4)cc3)ccnc2cc1OC(=O)N1CC[C@H](O)C1. The van der Waals surface area contributed by atoms with Crippen molar-refractivity contribution < 1.29 is 38.1 Å². The second-order valence-corrected chi connectivity index (χ2v) is 10.7. The average Bonchev–Trinajstić information content (AvgIpc) is 3.73. The van der Waals surface area contributed by atoms with Crippen LogP contribution in [0.4, 0.5) is 20.6 Å². The van der Waals surface area contributed by atoms with Gasteiger partial charge >= 0.3 is 6.09 Å². The van der Waals surface area contributed by atoms with Gasteiger partial charge < -0.3 is 34.9 Å². The van der Waals surface area contributed by atoms with Crippen LogP contribution in [0.5, 0.6) is 23.0 Å². The Labute approximate surface area is 251 Å². The molecule has 11 nitrogen and oxygen atoms in total. The molecule has 44 heavy (non-hydrogen) atoms. The number of pyridine rings is 1. The number of methoxy groups -OCH3 is 1. The third-order valence-electron chi connectivity index (χ3n) is 7.67. The number of hydrogen-bond donors (Lipinski definition) is 3. The molecule has 226 valence electrons. The van der Waals surface area contributed by atoms with Crippen LogP contribution in [0.1, 0.15) is 19.3 Å². The highest BCUT2D eigenvalue weighted by molar-refractivity contribution is 6.16. The summed E-state index contributed by atoms with van der Waals surface area (Å²) in [7, 11) is 1.46. The first kappa shape index (κ1) is 28.9. The smallest absolute Gasteiger partial charge is 0.415 e. The summed E-state index contributed by atoms with van der Waals surface area (Å²) in [5, 5.41) is 15.8. The summed E-state index contributed by atoms with van der Waals surface area (Å²) in [6.45, 7) is 0.615. The molecule has 0 unspecified atom stereocenters. The zero-order valence-electron chi connectivity index (χ0n) is 23.7. The average molecular weight is 601 g/mol. The van der Waals surface area contributed by atoms with E-state index in [2.05, 4.69) is 15.6 Å². The number of hydrogen-bond acceptors (Lipinski definition) is 8. The minimum Gasteiger partial charge on any atom is -0.493 e. The van der Waals surface area contributed by atoms with E-state index in [1.807, 2.05) is 0 Å². The lowest BCUT2D eigenvalue weighted by Crippen LogP contribution is -2.35. The van der Waals surface area contributed by atoms with Crippen LogP contribution in [-0.4, -0.2) is 59.2 Å². The Balaban J connectivity index is 1.12. The van der Waals surface area contributed by atoms with E-state index in [0.29, 0.717) is 65.3 Å². The number of nitrogens with zero attached hydrogens (tertiary/aromatic N) is 2. The number of aliphatic hydroxyl groups excluding tert-OH is 1. The topological polar surface area (TPSA) is 139 Å². The molecule has 0 spiro atoms. The number of ether oxygens (including phenoxy) is 3. The molecule has 2 heterocycles. The van der Waals surface area contributed by atoms with Crippen LogP contribution in [0.3, 0.4) is 0 Å². The summed E-state index contributed by atoms with van der Waals surface area (Å²) in [4.78, 5) is 44.2. The number of halogens is 1. The predicted octanol–water partition coefficient (Wildman–Crippen LogP) is 5.10. The molecule has 1 aliphatic heterocycles. The Kier molecular flexibility index (Phi) is 7.75. The van der Waals surface area contributed by atoms with E-state index < -0.39 is 35.2 Å². The number of carbonyl (C=O) groups excluding carboxylic acids is 3. The van der Waals surface area contributed by atoms with E-state index in [0.717, 1.165) is 0 Å². The number of amides is 3. The van der Waals surface area contributed by atoms with Gasteiger partial charge in [0, 0.05) is 42.1 Å². The molecule has 2 fully saturated rings. The maximum absolute atomic E-state index is 13.2. The van der Waals surface area contributed by atoms with Gasteiger partial charge in [0.25, 0.3) is 0 Å².